The van der Waals surface area contributed by atoms with E-state index in [9.17, 15) is 9.59 Å². The molecular formula is C27H18ClNO2S3. The number of ketones is 2. The highest BCUT2D eigenvalue weighted by Crippen LogP contribution is 2.46. The second kappa shape index (κ2) is 9.92. The quantitative estimate of drug-likeness (QED) is 0.214. The number of alkyl halides is 1. The third kappa shape index (κ3) is 4.91. The zero-order valence-corrected chi connectivity index (χ0v) is 20.9. The van der Waals surface area contributed by atoms with E-state index in [2.05, 4.69) is 5.32 Å². The Morgan fingerprint density at radius 2 is 1.12 bits per heavy atom. The van der Waals surface area contributed by atoms with E-state index in [1.165, 1.54) is 35.3 Å². The van der Waals surface area contributed by atoms with Crippen molar-refractivity contribution in [3.05, 3.63) is 124 Å². The van der Waals surface area contributed by atoms with Crippen molar-refractivity contribution < 1.29 is 9.59 Å². The molecule has 0 radical (unpaired) electrons. The molecule has 2 aliphatic rings. The number of hydrogen-bond donors (Lipinski definition) is 1. The lowest BCUT2D eigenvalue weighted by Crippen LogP contribution is -2.42. The lowest BCUT2D eigenvalue weighted by atomic mass is 9.97. The van der Waals surface area contributed by atoms with Gasteiger partial charge in [-0.15, -0.1) is 0 Å². The van der Waals surface area contributed by atoms with E-state index in [1.807, 2.05) is 91.0 Å². The summed E-state index contributed by atoms with van der Waals surface area (Å²) < 4.78 is -1.08. The number of carbonyl (C=O) groups excluding carboxylic acids is 2. The van der Waals surface area contributed by atoms with Crippen molar-refractivity contribution in [3.63, 3.8) is 0 Å². The lowest BCUT2D eigenvalue weighted by Gasteiger charge is -2.33. The fourth-order valence-corrected chi connectivity index (χ4v) is 6.91. The van der Waals surface area contributed by atoms with Gasteiger partial charge in [-0.25, -0.2) is 0 Å². The van der Waals surface area contributed by atoms with Crippen molar-refractivity contribution >= 4 is 58.5 Å². The number of thioether (sulfide) groups is 3. The molecule has 168 valence electrons. The Labute approximate surface area is 215 Å². The minimum atomic E-state index is -1.08. The Bertz CT molecular complexity index is 1340. The van der Waals surface area contributed by atoms with E-state index < -0.39 is 4.33 Å². The van der Waals surface area contributed by atoms with Gasteiger partial charge in [0.1, 0.15) is 0 Å². The minimum Gasteiger partial charge on any atom is -0.351 e. The average Bonchev–Trinajstić information content (AvgIpc) is 2.86. The van der Waals surface area contributed by atoms with Crippen LogP contribution in [0.25, 0.3) is 0 Å². The number of halogens is 1. The van der Waals surface area contributed by atoms with Crippen LogP contribution < -0.4 is 5.32 Å². The van der Waals surface area contributed by atoms with E-state index in [0.717, 1.165) is 14.7 Å². The number of nitrogens with one attached hydrogen (secondary N) is 1. The molecule has 3 aromatic rings. The zero-order valence-electron chi connectivity index (χ0n) is 17.7. The molecule has 0 bridgehead atoms. The molecule has 0 spiro atoms. The van der Waals surface area contributed by atoms with Gasteiger partial charge in [0.25, 0.3) is 0 Å². The van der Waals surface area contributed by atoms with Crippen molar-refractivity contribution in [3.8, 4) is 0 Å². The van der Waals surface area contributed by atoms with Gasteiger partial charge in [-0.05, 0) is 48.6 Å². The molecule has 1 heterocycles. The second-order valence-corrected chi connectivity index (χ2v) is 11.8. The van der Waals surface area contributed by atoms with Gasteiger partial charge in [-0.2, -0.15) is 0 Å². The summed E-state index contributed by atoms with van der Waals surface area (Å²) in [5.74, 6) is -0.418. The molecule has 34 heavy (non-hydrogen) atoms. The molecule has 0 fully saturated rings. The smallest absolute Gasteiger partial charge is 0.217 e. The Balaban J connectivity index is 1.51. The summed E-state index contributed by atoms with van der Waals surface area (Å²) in [5, 5.41) is 3.15. The summed E-state index contributed by atoms with van der Waals surface area (Å²) in [7, 11) is 0. The first-order valence-corrected chi connectivity index (χ1v) is 13.3. The van der Waals surface area contributed by atoms with Gasteiger partial charge in [0, 0.05) is 14.7 Å². The van der Waals surface area contributed by atoms with E-state index >= 15 is 0 Å². The highest BCUT2D eigenvalue weighted by atomic mass is 35.5. The molecule has 1 unspecified atom stereocenters. The van der Waals surface area contributed by atoms with Gasteiger partial charge in [0.05, 0.1) is 21.1 Å². The predicted molar refractivity (Wildman–Crippen MR) is 142 cm³/mol. The Kier molecular flexibility index (Phi) is 6.75. The maximum Gasteiger partial charge on any atom is 0.217 e. The summed E-state index contributed by atoms with van der Waals surface area (Å²) in [4.78, 5) is 31.0. The third-order valence-electron chi connectivity index (χ3n) is 5.06. The van der Waals surface area contributed by atoms with E-state index in [-0.39, 0.29) is 17.3 Å². The van der Waals surface area contributed by atoms with Crippen LogP contribution in [0.2, 0.25) is 0 Å². The number of hydrogen-bond acceptors (Lipinski definition) is 6. The van der Waals surface area contributed by atoms with Gasteiger partial charge in [-0.3, -0.25) is 9.59 Å². The van der Waals surface area contributed by atoms with Crippen LogP contribution in [0.1, 0.15) is 0 Å². The number of dihydropyridines is 1. The molecule has 7 heteroatoms. The van der Waals surface area contributed by atoms with Crippen LogP contribution in [0.15, 0.2) is 139 Å². The van der Waals surface area contributed by atoms with Crippen LogP contribution in [0.5, 0.6) is 0 Å². The second-order valence-electron chi connectivity index (χ2n) is 7.45. The Morgan fingerprint density at radius 3 is 1.65 bits per heavy atom. The highest BCUT2D eigenvalue weighted by Gasteiger charge is 2.41. The number of Topliss-reactive ketones (excluding diaryl/α,β-unsaturated/α-hetero) is 2. The van der Waals surface area contributed by atoms with E-state index in [0.29, 0.717) is 15.4 Å². The van der Waals surface area contributed by atoms with Crippen LogP contribution in [0, 0.1) is 0 Å². The number of benzene rings is 3. The maximum absolute atomic E-state index is 13.8. The van der Waals surface area contributed by atoms with Crippen molar-refractivity contribution in [2.45, 2.75) is 19.0 Å². The van der Waals surface area contributed by atoms with Crippen LogP contribution in [0.4, 0.5) is 0 Å². The molecule has 0 saturated heterocycles. The fraction of sp³-hybridized carbons (Fsp3) is 0.0370. The standard InChI is InChI=1S/C27H18ClNO2S3/c28-27(34-20-14-8-3-9-15-20)17-16-21-22(29-27)24(31)26(33-19-12-6-2-7-13-19)25(23(21)30)32-18-10-4-1-5-11-18/h1-17,29H. The summed E-state index contributed by atoms with van der Waals surface area (Å²) in [6.45, 7) is 0. The molecule has 0 amide bonds. The SMILES string of the molecule is O=C1C2=C(NC(Cl)(Sc3ccccc3)C=C2)C(=O)C(Sc2ccccc2)=C1Sc1ccccc1. The Morgan fingerprint density at radius 1 is 0.647 bits per heavy atom. The van der Waals surface area contributed by atoms with Gasteiger partial charge in [-0.1, -0.05) is 101 Å². The van der Waals surface area contributed by atoms with Crippen molar-refractivity contribution in [1.82, 2.24) is 5.32 Å². The molecule has 1 atom stereocenters. The topological polar surface area (TPSA) is 46.2 Å². The van der Waals surface area contributed by atoms with Crippen LogP contribution >= 0.6 is 46.9 Å². The summed E-state index contributed by atoms with van der Waals surface area (Å²) >= 11 is 10.9. The molecule has 3 aromatic carbocycles. The number of rotatable bonds is 6. The molecule has 1 aliphatic heterocycles. The van der Waals surface area contributed by atoms with Crippen LogP contribution in [-0.2, 0) is 9.59 Å². The summed E-state index contributed by atoms with van der Waals surface area (Å²) in [6, 6.07) is 28.9. The lowest BCUT2D eigenvalue weighted by molar-refractivity contribution is -0.115. The van der Waals surface area contributed by atoms with Crippen molar-refractivity contribution in [2.75, 3.05) is 0 Å². The predicted octanol–water partition coefficient (Wildman–Crippen LogP) is 7.03. The first kappa shape index (κ1) is 23.1. The molecule has 0 saturated carbocycles. The maximum atomic E-state index is 13.8. The van der Waals surface area contributed by atoms with Gasteiger partial charge < -0.3 is 5.32 Å². The van der Waals surface area contributed by atoms with E-state index in [1.54, 1.807) is 12.2 Å². The first-order valence-electron chi connectivity index (χ1n) is 10.5. The largest absolute Gasteiger partial charge is 0.351 e. The summed E-state index contributed by atoms with van der Waals surface area (Å²) in [6.07, 6.45) is 3.40. The number of carbonyl (C=O) groups is 2. The zero-order chi connectivity index (χ0) is 23.5. The average molecular weight is 520 g/mol. The first-order chi connectivity index (χ1) is 16.5. The van der Waals surface area contributed by atoms with Crippen molar-refractivity contribution in [2.24, 2.45) is 0 Å². The minimum absolute atomic E-state index is 0.186. The molecule has 1 aliphatic carbocycles. The van der Waals surface area contributed by atoms with Crippen LogP contribution in [0.3, 0.4) is 0 Å². The molecule has 1 N–H and O–H groups in total. The van der Waals surface area contributed by atoms with E-state index in [4.69, 9.17) is 11.6 Å². The molecule has 0 aromatic heterocycles. The number of allylic oxidation sites excluding steroid dienone is 4. The Hall–Kier alpha value is -2.64. The fourth-order valence-electron chi connectivity index (χ4n) is 3.48. The van der Waals surface area contributed by atoms with Gasteiger partial charge in [0.15, 0.2) is 4.33 Å². The third-order valence-corrected chi connectivity index (χ3v) is 8.88. The molecule has 5 rings (SSSR count). The molecule has 3 nitrogen and oxygen atoms in total. The normalized spacial score (nSPS) is 19.8. The highest BCUT2D eigenvalue weighted by molar-refractivity contribution is 8.08. The summed E-state index contributed by atoms with van der Waals surface area (Å²) in [5.41, 5.74) is 0.576. The molecular weight excluding hydrogens is 502 g/mol. The monoisotopic (exact) mass is 519 g/mol. The van der Waals surface area contributed by atoms with Gasteiger partial charge in [0.2, 0.25) is 11.6 Å². The van der Waals surface area contributed by atoms with Gasteiger partial charge >= 0.3 is 0 Å². The van der Waals surface area contributed by atoms with Crippen LogP contribution in [-0.4, -0.2) is 15.9 Å². The van der Waals surface area contributed by atoms with Crippen molar-refractivity contribution in [1.29, 1.82) is 0 Å².